The van der Waals surface area contributed by atoms with E-state index in [1.807, 2.05) is 13.8 Å². The fourth-order valence-electron chi connectivity index (χ4n) is 1.36. The molecule has 0 aliphatic carbocycles. The second kappa shape index (κ2) is 4.63. The third-order valence-corrected chi connectivity index (χ3v) is 2.06. The van der Waals surface area contributed by atoms with Crippen LogP contribution in [0.15, 0.2) is 18.2 Å². The summed E-state index contributed by atoms with van der Waals surface area (Å²) in [7, 11) is 1.48. The standard InChI is InChI=1S/C11H13F3O2/c1-7(2)9-6-8(16-11(12,13)14)4-5-10(9)15-3/h4-7H,1-3H3. The minimum Gasteiger partial charge on any atom is -0.496 e. The number of ether oxygens (including phenoxy) is 2. The second-order valence-corrected chi connectivity index (χ2v) is 3.61. The Morgan fingerprint density at radius 2 is 1.81 bits per heavy atom. The highest BCUT2D eigenvalue weighted by molar-refractivity contribution is 5.42. The molecule has 0 spiro atoms. The molecule has 16 heavy (non-hydrogen) atoms. The van der Waals surface area contributed by atoms with Crippen molar-refractivity contribution in [2.24, 2.45) is 0 Å². The Labute approximate surface area is 92.0 Å². The quantitative estimate of drug-likeness (QED) is 0.793. The molecule has 1 rings (SSSR count). The zero-order valence-electron chi connectivity index (χ0n) is 9.26. The summed E-state index contributed by atoms with van der Waals surface area (Å²) in [5, 5.41) is 0. The van der Waals surface area contributed by atoms with Crippen molar-refractivity contribution < 1.29 is 22.6 Å². The zero-order chi connectivity index (χ0) is 12.3. The summed E-state index contributed by atoms with van der Waals surface area (Å²) in [6.45, 7) is 3.74. The van der Waals surface area contributed by atoms with E-state index in [1.54, 1.807) is 0 Å². The molecular weight excluding hydrogens is 221 g/mol. The van der Waals surface area contributed by atoms with Crippen LogP contribution in [0, 0.1) is 0 Å². The molecule has 1 aromatic rings. The smallest absolute Gasteiger partial charge is 0.496 e. The topological polar surface area (TPSA) is 18.5 Å². The molecule has 0 amide bonds. The van der Waals surface area contributed by atoms with Gasteiger partial charge in [-0.05, 0) is 24.1 Å². The summed E-state index contributed by atoms with van der Waals surface area (Å²) in [6.07, 6.45) is -4.66. The number of halogens is 3. The minimum absolute atomic E-state index is 0.0618. The zero-order valence-corrected chi connectivity index (χ0v) is 9.26. The van der Waals surface area contributed by atoms with Crippen LogP contribution in [0.5, 0.6) is 11.5 Å². The van der Waals surface area contributed by atoms with Crippen LogP contribution in [0.25, 0.3) is 0 Å². The summed E-state index contributed by atoms with van der Waals surface area (Å²) in [4.78, 5) is 0. The van der Waals surface area contributed by atoms with Gasteiger partial charge in [-0.1, -0.05) is 13.8 Å². The molecule has 0 aromatic heterocycles. The predicted molar refractivity (Wildman–Crippen MR) is 53.8 cm³/mol. The molecule has 0 radical (unpaired) electrons. The normalized spacial score (nSPS) is 11.7. The van der Waals surface area contributed by atoms with E-state index in [0.29, 0.717) is 11.3 Å². The first-order valence-corrected chi connectivity index (χ1v) is 4.77. The molecule has 0 N–H and O–H groups in total. The molecule has 0 fully saturated rings. The Morgan fingerprint density at radius 3 is 2.25 bits per heavy atom. The van der Waals surface area contributed by atoms with E-state index in [9.17, 15) is 13.2 Å². The molecule has 0 saturated heterocycles. The fraction of sp³-hybridized carbons (Fsp3) is 0.455. The van der Waals surface area contributed by atoms with Gasteiger partial charge >= 0.3 is 6.36 Å². The summed E-state index contributed by atoms with van der Waals surface area (Å²) < 4.78 is 44.9. The second-order valence-electron chi connectivity index (χ2n) is 3.61. The third kappa shape index (κ3) is 3.32. The molecule has 2 nitrogen and oxygen atoms in total. The molecule has 0 aliphatic heterocycles. The van der Waals surface area contributed by atoms with Gasteiger partial charge in [0.1, 0.15) is 11.5 Å². The van der Waals surface area contributed by atoms with Gasteiger partial charge in [0, 0.05) is 5.56 Å². The van der Waals surface area contributed by atoms with Gasteiger partial charge in [0.05, 0.1) is 7.11 Å². The van der Waals surface area contributed by atoms with Crippen molar-refractivity contribution in [1.29, 1.82) is 0 Å². The first kappa shape index (κ1) is 12.7. The van der Waals surface area contributed by atoms with E-state index in [0.717, 1.165) is 0 Å². The van der Waals surface area contributed by atoms with E-state index in [2.05, 4.69) is 4.74 Å². The lowest BCUT2D eigenvalue weighted by Gasteiger charge is -2.14. The first-order valence-electron chi connectivity index (χ1n) is 4.77. The number of alkyl halides is 3. The molecule has 0 aliphatic rings. The summed E-state index contributed by atoms with van der Waals surface area (Å²) in [6, 6.07) is 4.05. The van der Waals surface area contributed by atoms with Crippen LogP contribution in [-0.4, -0.2) is 13.5 Å². The maximum absolute atomic E-state index is 12.0. The Hall–Kier alpha value is -1.39. The van der Waals surface area contributed by atoms with Crippen LogP contribution in [0.4, 0.5) is 13.2 Å². The molecule has 0 saturated carbocycles. The van der Waals surface area contributed by atoms with E-state index >= 15 is 0 Å². The highest BCUT2D eigenvalue weighted by Crippen LogP contribution is 2.32. The summed E-state index contributed by atoms with van der Waals surface area (Å²) in [5.41, 5.74) is 0.684. The number of methoxy groups -OCH3 is 1. The highest BCUT2D eigenvalue weighted by atomic mass is 19.4. The molecule has 5 heteroatoms. The van der Waals surface area contributed by atoms with Crippen molar-refractivity contribution in [2.75, 3.05) is 7.11 Å². The predicted octanol–water partition coefficient (Wildman–Crippen LogP) is 3.72. The lowest BCUT2D eigenvalue weighted by atomic mass is 10.0. The van der Waals surface area contributed by atoms with Crippen molar-refractivity contribution in [3.05, 3.63) is 23.8 Å². The van der Waals surface area contributed by atoms with Crippen LogP contribution in [0.3, 0.4) is 0 Å². The van der Waals surface area contributed by atoms with Gasteiger partial charge in [-0.25, -0.2) is 0 Å². The van der Waals surface area contributed by atoms with E-state index in [1.165, 1.54) is 25.3 Å². The highest BCUT2D eigenvalue weighted by Gasteiger charge is 2.31. The monoisotopic (exact) mass is 234 g/mol. The Morgan fingerprint density at radius 1 is 1.19 bits per heavy atom. The van der Waals surface area contributed by atoms with Gasteiger partial charge in [0.15, 0.2) is 0 Å². The summed E-state index contributed by atoms with van der Waals surface area (Å²) >= 11 is 0. The molecular formula is C11H13F3O2. The van der Waals surface area contributed by atoms with Crippen LogP contribution < -0.4 is 9.47 Å². The van der Waals surface area contributed by atoms with E-state index in [4.69, 9.17) is 4.74 Å². The first-order chi connectivity index (χ1) is 7.33. The lowest BCUT2D eigenvalue weighted by molar-refractivity contribution is -0.274. The van der Waals surface area contributed by atoms with Crippen LogP contribution >= 0.6 is 0 Å². The van der Waals surface area contributed by atoms with Crippen molar-refractivity contribution in [3.63, 3.8) is 0 Å². The Bertz CT molecular complexity index is 359. The lowest BCUT2D eigenvalue weighted by Crippen LogP contribution is -2.17. The molecule has 90 valence electrons. The van der Waals surface area contributed by atoms with Crippen LogP contribution in [0.1, 0.15) is 25.3 Å². The molecule has 0 heterocycles. The van der Waals surface area contributed by atoms with Gasteiger partial charge in [0.25, 0.3) is 0 Å². The maximum Gasteiger partial charge on any atom is 0.573 e. The third-order valence-electron chi connectivity index (χ3n) is 2.06. The van der Waals surface area contributed by atoms with Gasteiger partial charge in [-0.15, -0.1) is 13.2 Å². The van der Waals surface area contributed by atoms with Gasteiger partial charge in [-0.3, -0.25) is 0 Å². The van der Waals surface area contributed by atoms with Gasteiger partial charge < -0.3 is 9.47 Å². The van der Waals surface area contributed by atoms with Gasteiger partial charge in [-0.2, -0.15) is 0 Å². The largest absolute Gasteiger partial charge is 0.573 e. The maximum atomic E-state index is 12.0. The van der Waals surface area contributed by atoms with Crippen LogP contribution in [0.2, 0.25) is 0 Å². The minimum atomic E-state index is -4.66. The average Bonchev–Trinajstić information content (AvgIpc) is 2.15. The molecule has 0 atom stereocenters. The summed E-state index contributed by atoms with van der Waals surface area (Å²) in [5.74, 6) is 0.397. The van der Waals surface area contributed by atoms with E-state index in [-0.39, 0.29) is 11.7 Å². The Balaban J connectivity index is 3.02. The van der Waals surface area contributed by atoms with Crippen LogP contribution in [-0.2, 0) is 0 Å². The number of benzene rings is 1. The molecule has 1 aromatic carbocycles. The number of rotatable bonds is 3. The molecule has 0 bridgehead atoms. The SMILES string of the molecule is COc1ccc(OC(F)(F)F)cc1C(C)C. The Kier molecular flexibility index (Phi) is 3.67. The van der Waals surface area contributed by atoms with Crippen molar-refractivity contribution in [3.8, 4) is 11.5 Å². The number of hydrogen-bond acceptors (Lipinski definition) is 2. The van der Waals surface area contributed by atoms with E-state index < -0.39 is 6.36 Å². The number of hydrogen-bond donors (Lipinski definition) is 0. The van der Waals surface area contributed by atoms with Crippen molar-refractivity contribution >= 4 is 0 Å². The van der Waals surface area contributed by atoms with Gasteiger partial charge in [0.2, 0.25) is 0 Å². The average molecular weight is 234 g/mol. The van der Waals surface area contributed by atoms with Crippen molar-refractivity contribution in [1.82, 2.24) is 0 Å². The van der Waals surface area contributed by atoms with Crippen molar-refractivity contribution in [2.45, 2.75) is 26.1 Å². The fourth-order valence-corrected chi connectivity index (χ4v) is 1.36. The molecule has 0 unspecified atom stereocenters.